The van der Waals surface area contributed by atoms with Crippen LogP contribution in [0.25, 0.3) is 0 Å². The van der Waals surface area contributed by atoms with Crippen molar-refractivity contribution in [3.8, 4) is 0 Å². The Morgan fingerprint density at radius 1 is 1.24 bits per heavy atom. The maximum atomic E-state index is 12.7. The number of hydrazine groups is 1. The number of fused-ring (bicyclic) bond motifs is 2. The first-order chi connectivity index (χ1) is 11.7. The number of nitro groups is 1. The van der Waals surface area contributed by atoms with Crippen molar-refractivity contribution in [2.45, 2.75) is 33.1 Å². The first kappa shape index (κ1) is 17.1. The molecular weight excluding hydrogens is 322 g/mol. The molecule has 0 heterocycles. The lowest BCUT2D eigenvalue weighted by Gasteiger charge is -2.37. The number of hydrogen-bond donors (Lipinski definition) is 2. The van der Waals surface area contributed by atoms with Gasteiger partial charge in [0.2, 0.25) is 5.91 Å². The molecule has 2 amide bonds. The summed E-state index contributed by atoms with van der Waals surface area (Å²) in [4.78, 5) is 35.0. The lowest BCUT2D eigenvalue weighted by molar-refractivity contribution is -0.384. The highest BCUT2D eigenvalue weighted by Crippen LogP contribution is 2.65. The number of nitrogens with one attached hydrogen (secondary N) is 2. The van der Waals surface area contributed by atoms with Crippen LogP contribution in [0.3, 0.4) is 0 Å². The third-order valence-corrected chi connectivity index (χ3v) is 5.96. The molecule has 2 unspecified atom stereocenters. The van der Waals surface area contributed by atoms with E-state index in [9.17, 15) is 19.7 Å². The summed E-state index contributed by atoms with van der Waals surface area (Å²) in [5, 5.41) is 10.6. The van der Waals surface area contributed by atoms with Gasteiger partial charge in [-0.15, -0.1) is 0 Å². The average molecular weight is 343 g/mol. The van der Waals surface area contributed by atoms with Crippen LogP contribution in [-0.2, 0) is 4.79 Å². The maximum absolute atomic E-state index is 12.7. The minimum Gasteiger partial charge on any atom is -0.272 e. The molecule has 1 aromatic carbocycles. The third-order valence-electron chi connectivity index (χ3n) is 5.96. The Morgan fingerprint density at radius 2 is 1.88 bits per heavy atom. The summed E-state index contributed by atoms with van der Waals surface area (Å²) >= 11 is 0. The van der Waals surface area contributed by atoms with Crippen LogP contribution < -0.4 is 10.9 Å². The number of amides is 2. The molecule has 2 aliphatic rings. The summed E-state index contributed by atoms with van der Waals surface area (Å²) in [6.07, 6.45) is 2.49. The first-order valence-corrected chi connectivity index (χ1v) is 8.23. The highest BCUT2D eigenvalue weighted by Gasteiger charge is 2.60. The van der Waals surface area contributed by atoms with E-state index < -0.39 is 16.2 Å². The Morgan fingerprint density at radius 3 is 2.40 bits per heavy atom. The van der Waals surface area contributed by atoms with Gasteiger partial charge in [0.15, 0.2) is 0 Å². The smallest absolute Gasteiger partial charge is 0.269 e. The van der Waals surface area contributed by atoms with E-state index in [0.717, 1.165) is 24.8 Å². The summed E-state index contributed by atoms with van der Waals surface area (Å²) < 4.78 is 0. The van der Waals surface area contributed by atoms with E-state index in [4.69, 9.17) is 0 Å². The van der Waals surface area contributed by atoms with Crippen LogP contribution >= 0.6 is 0 Å². The molecule has 0 spiro atoms. The zero-order chi connectivity index (χ0) is 18.4. The molecule has 3 rings (SSSR count). The van der Waals surface area contributed by atoms with E-state index in [1.165, 1.54) is 24.3 Å². The first-order valence-electron chi connectivity index (χ1n) is 8.23. The molecule has 1 aromatic rings. The summed E-state index contributed by atoms with van der Waals surface area (Å²) in [6.45, 7) is 8.39. The van der Waals surface area contributed by atoms with Crippen LogP contribution in [0.15, 0.2) is 36.4 Å². The van der Waals surface area contributed by atoms with Gasteiger partial charge >= 0.3 is 0 Å². The average Bonchev–Trinajstić information content (AvgIpc) is 3.12. The minimum atomic E-state index is -0.614. The molecule has 7 heteroatoms. The lowest BCUT2D eigenvalue weighted by Crippen LogP contribution is -2.49. The number of carbonyl (C=O) groups excluding carboxylic acids is 2. The van der Waals surface area contributed by atoms with Crippen molar-refractivity contribution < 1.29 is 14.5 Å². The van der Waals surface area contributed by atoms with Gasteiger partial charge in [-0.2, -0.15) is 0 Å². The number of non-ortho nitro benzene ring substituents is 1. The van der Waals surface area contributed by atoms with Gasteiger partial charge in [0.25, 0.3) is 11.6 Å². The van der Waals surface area contributed by atoms with Crippen LogP contribution in [0.4, 0.5) is 5.69 Å². The van der Waals surface area contributed by atoms with Gasteiger partial charge in [-0.3, -0.25) is 30.6 Å². The van der Waals surface area contributed by atoms with E-state index in [1.54, 1.807) is 0 Å². The van der Waals surface area contributed by atoms with Crippen LogP contribution in [-0.4, -0.2) is 16.7 Å². The number of carbonyl (C=O) groups is 2. The second kappa shape index (κ2) is 5.68. The molecule has 0 aliphatic heterocycles. The predicted molar refractivity (Wildman–Crippen MR) is 91.4 cm³/mol. The van der Waals surface area contributed by atoms with Crippen molar-refractivity contribution in [1.29, 1.82) is 0 Å². The van der Waals surface area contributed by atoms with Crippen molar-refractivity contribution in [2.75, 3.05) is 0 Å². The Kier molecular flexibility index (Phi) is 3.89. The van der Waals surface area contributed by atoms with Gasteiger partial charge in [-0.25, -0.2) is 0 Å². The van der Waals surface area contributed by atoms with Gasteiger partial charge in [0.05, 0.1) is 10.3 Å². The van der Waals surface area contributed by atoms with Crippen LogP contribution in [0.1, 0.15) is 43.5 Å². The second-order valence-corrected chi connectivity index (χ2v) is 7.43. The van der Waals surface area contributed by atoms with E-state index in [0.29, 0.717) is 5.92 Å². The van der Waals surface area contributed by atoms with Gasteiger partial charge in [0.1, 0.15) is 0 Å². The van der Waals surface area contributed by atoms with Gasteiger partial charge < -0.3 is 0 Å². The van der Waals surface area contributed by atoms with Crippen molar-refractivity contribution >= 4 is 17.5 Å². The van der Waals surface area contributed by atoms with Crippen molar-refractivity contribution in [3.05, 3.63) is 52.1 Å². The van der Waals surface area contributed by atoms with Crippen molar-refractivity contribution in [1.82, 2.24) is 10.9 Å². The molecule has 7 nitrogen and oxygen atoms in total. The summed E-state index contributed by atoms with van der Waals surface area (Å²) in [5.41, 5.74) is 5.30. The normalized spacial score (nSPS) is 26.3. The molecule has 2 saturated carbocycles. The fourth-order valence-corrected chi connectivity index (χ4v) is 4.18. The monoisotopic (exact) mass is 343 g/mol. The Hall–Kier alpha value is -2.70. The van der Waals surface area contributed by atoms with E-state index in [2.05, 4.69) is 31.3 Å². The molecule has 0 radical (unpaired) electrons. The van der Waals surface area contributed by atoms with Gasteiger partial charge in [0, 0.05) is 17.7 Å². The summed E-state index contributed by atoms with van der Waals surface area (Å²) in [6, 6.07) is 5.19. The van der Waals surface area contributed by atoms with Crippen LogP contribution in [0.5, 0.6) is 0 Å². The highest BCUT2D eigenvalue weighted by molar-refractivity contribution is 5.96. The van der Waals surface area contributed by atoms with Crippen molar-refractivity contribution in [3.63, 3.8) is 0 Å². The van der Waals surface area contributed by atoms with Gasteiger partial charge in [-0.1, -0.05) is 26.0 Å². The number of hydrogen-bond acceptors (Lipinski definition) is 4. The highest BCUT2D eigenvalue weighted by atomic mass is 16.6. The van der Waals surface area contributed by atoms with Crippen LogP contribution in [0.2, 0.25) is 0 Å². The largest absolute Gasteiger partial charge is 0.272 e. The van der Waals surface area contributed by atoms with Crippen molar-refractivity contribution in [2.24, 2.45) is 16.7 Å². The van der Waals surface area contributed by atoms with Gasteiger partial charge in [-0.05, 0) is 42.7 Å². The number of nitrogens with zero attached hydrogens (tertiary/aromatic N) is 1. The predicted octanol–water partition coefficient (Wildman–Crippen LogP) is 2.74. The molecule has 132 valence electrons. The summed E-state index contributed by atoms with van der Waals surface area (Å²) in [5.74, 6) is -0.311. The molecule has 2 N–H and O–H groups in total. The molecule has 25 heavy (non-hydrogen) atoms. The Labute approximate surface area is 145 Å². The SMILES string of the molecule is C=C1C2(C(=O)NNC(=O)c3ccc([N+](=O)[O-])cc3)CCC(C2)C1(C)C. The lowest BCUT2D eigenvalue weighted by atomic mass is 9.68. The molecule has 2 atom stereocenters. The molecular formula is C18H21N3O4. The van der Waals surface area contributed by atoms with E-state index in [-0.39, 0.29) is 22.6 Å². The quantitative estimate of drug-likeness (QED) is 0.500. The zero-order valence-corrected chi connectivity index (χ0v) is 14.3. The Balaban J connectivity index is 1.66. The maximum Gasteiger partial charge on any atom is 0.269 e. The number of rotatable bonds is 3. The molecule has 0 saturated heterocycles. The fourth-order valence-electron chi connectivity index (χ4n) is 4.18. The zero-order valence-electron chi connectivity index (χ0n) is 14.3. The number of nitro benzene ring substituents is 1. The number of benzene rings is 1. The standard InChI is InChI=1S/C18H21N3O4/c1-11-17(2,3)13-8-9-18(11,10-13)16(23)20-19-15(22)12-4-6-14(7-5-12)21(24)25/h4-7,13H,1,8-10H2,2-3H3,(H,19,22)(H,20,23). The topological polar surface area (TPSA) is 101 Å². The molecule has 0 aromatic heterocycles. The van der Waals surface area contributed by atoms with E-state index in [1.807, 2.05) is 0 Å². The Bertz CT molecular complexity index is 769. The molecule has 2 bridgehead atoms. The third kappa shape index (κ3) is 2.59. The molecule has 2 aliphatic carbocycles. The fraction of sp³-hybridized carbons (Fsp3) is 0.444. The van der Waals surface area contributed by atoms with Crippen LogP contribution in [0, 0.1) is 26.9 Å². The minimum absolute atomic E-state index is 0.0715. The molecule has 2 fully saturated rings. The second-order valence-electron chi connectivity index (χ2n) is 7.43. The summed E-state index contributed by atoms with van der Waals surface area (Å²) in [7, 11) is 0. The van der Waals surface area contributed by atoms with E-state index >= 15 is 0 Å².